The molecule has 62 valence electrons. The van der Waals surface area contributed by atoms with Crippen LogP contribution in [0.15, 0.2) is 29.4 Å². The smallest absolute Gasteiger partial charge is 0.137 e. The highest BCUT2D eigenvalue weighted by molar-refractivity contribution is 7.98. The normalized spacial score (nSPS) is 10.8. The maximum atomic E-state index is 4.37. The average Bonchev–Trinajstić information content (AvgIpc) is 2.44. The van der Waals surface area contributed by atoms with Gasteiger partial charge in [-0.3, -0.25) is 4.40 Å². The van der Waals surface area contributed by atoms with Crippen LogP contribution in [-0.2, 0) is 0 Å². The lowest BCUT2D eigenvalue weighted by molar-refractivity contribution is 1.03. The van der Waals surface area contributed by atoms with Crippen molar-refractivity contribution in [2.24, 2.45) is 0 Å². The Kier molecular flexibility index (Phi) is 1.81. The van der Waals surface area contributed by atoms with Crippen LogP contribution in [0.25, 0.3) is 5.65 Å². The van der Waals surface area contributed by atoms with Gasteiger partial charge in [-0.05, 0) is 25.3 Å². The van der Waals surface area contributed by atoms with Gasteiger partial charge in [-0.2, -0.15) is 0 Å². The van der Waals surface area contributed by atoms with Gasteiger partial charge in [0.25, 0.3) is 0 Å². The second-order valence-electron chi connectivity index (χ2n) is 2.68. The summed E-state index contributed by atoms with van der Waals surface area (Å²) in [6.45, 7) is 2.01. The molecule has 3 heteroatoms. The van der Waals surface area contributed by atoms with E-state index in [2.05, 4.69) is 27.9 Å². The third-order valence-electron chi connectivity index (χ3n) is 1.78. The van der Waals surface area contributed by atoms with Crippen LogP contribution in [0, 0.1) is 6.92 Å². The van der Waals surface area contributed by atoms with Crippen LogP contribution in [0.1, 0.15) is 5.69 Å². The van der Waals surface area contributed by atoms with E-state index in [9.17, 15) is 0 Å². The van der Waals surface area contributed by atoms with E-state index < -0.39 is 0 Å². The Bertz CT molecular complexity index is 406. The zero-order valence-electron chi connectivity index (χ0n) is 7.11. The van der Waals surface area contributed by atoms with Gasteiger partial charge < -0.3 is 0 Å². The first-order valence-electron chi connectivity index (χ1n) is 3.80. The average molecular weight is 178 g/mol. The van der Waals surface area contributed by atoms with Gasteiger partial charge in [0.1, 0.15) is 5.65 Å². The van der Waals surface area contributed by atoms with Gasteiger partial charge in [-0.15, -0.1) is 11.8 Å². The molecule has 0 bridgehead atoms. The third kappa shape index (κ3) is 1.10. The lowest BCUT2D eigenvalue weighted by Gasteiger charge is -1.99. The molecule has 0 aliphatic rings. The Morgan fingerprint density at radius 3 is 3.00 bits per heavy atom. The monoisotopic (exact) mass is 178 g/mol. The molecule has 0 aromatic carbocycles. The number of hydrogen-bond donors (Lipinski definition) is 0. The van der Waals surface area contributed by atoms with Crippen LogP contribution >= 0.6 is 11.8 Å². The van der Waals surface area contributed by atoms with Crippen LogP contribution < -0.4 is 0 Å². The van der Waals surface area contributed by atoms with Gasteiger partial charge in [0.05, 0.1) is 10.7 Å². The van der Waals surface area contributed by atoms with Crippen molar-refractivity contribution >= 4 is 17.4 Å². The number of imidazole rings is 1. The molecule has 0 aliphatic carbocycles. The minimum absolute atomic E-state index is 1.03. The number of aryl methyl sites for hydroxylation is 1. The van der Waals surface area contributed by atoms with Crippen LogP contribution in [0.3, 0.4) is 0 Å². The van der Waals surface area contributed by atoms with Crippen molar-refractivity contribution in [1.29, 1.82) is 0 Å². The standard InChI is InChI=1S/C9H10N2S/c1-7-6-11-8(10-7)4-3-5-9(11)12-2/h3-6H,1-2H3. The van der Waals surface area contributed by atoms with E-state index in [1.165, 1.54) is 5.03 Å². The van der Waals surface area contributed by atoms with Gasteiger partial charge in [-0.25, -0.2) is 4.98 Å². The van der Waals surface area contributed by atoms with Crippen molar-refractivity contribution < 1.29 is 0 Å². The number of nitrogens with zero attached hydrogens (tertiary/aromatic N) is 2. The Balaban J connectivity index is 2.78. The summed E-state index contributed by atoms with van der Waals surface area (Å²) in [5, 5.41) is 1.23. The highest BCUT2D eigenvalue weighted by atomic mass is 32.2. The van der Waals surface area contributed by atoms with Crippen molar-refractivity contribution in [3.05, 3.63) is 30.1 Å². The summed E-state index contributed by atoms with van der Waals surface area (Å²) in [5.74, 6) is 0. The van der Waals surface area contributed by atoms with Gasteiger partial charge in [0, 0.05) is 6.20 Å². The lowest BCUT2D eigenvalue weighted by Crippen LogP contribution is -1.85. The Morgan fingerprint density at radius 1 is 1.42 bits per heavy atom. The molecule has 0 fully saturated rings. The van der Waals surface area contributed by atoms with Crippen LogP contribution in [0.5, 0.6) is 0 Å². The number of thioether (sulfide) groups is 1. The molecule has 0 aliphatic heterocycles. The molecule has 0 atom stereocenters. The summed E-state index contributed by atoms with van der Waals surface area (Å²) in [6, 6.07) is 6.15. The number of rotatable bonds is 1. The third-order valence-corrected chi connectivity index (χ3v) is 2.54. The second-order valence-corrected chi connectivity index (χ2v) is 3.51. The molecule has 2 aromatic rings. The molecular formula is C9H10N2S. The molecule has 0 saturated carbocycles. The van der Waals surface area contributed by atoms with Crippen molar-refractivity contribution in [1.82, 2.24) is 9.38 Å². The maximum absolute atomic E-state index is 4.37. The van der Waals surface area contributed by atoms with Crippen molar-refractivity contribution in [3.63, 3.8) is 0 Å². The molecule has 0 spiro atoms. The van der Waals surface area contributed by atoms with Gasteiger partial charge in [0.15, 0.2) is 0 Å². The Hall–Kier alpha value is -0.960. The predicted molar refractivity (Wildman–Crippen MR) is 51.7 cm³/mol. The van der Waals surface area contributed by atoms with Gasteiger partial charge in [0.2, 0.25) is 0 Å². The van der Waals surface area contributed by atoms with E-state index in [0.29, 0.717) is 0 Å². The topological polar surface area (TPSA) is 17.3 Å². The van der Waals surface area contributed by atoms with Crippen LogP contribution in [0.2, 0.25) is 0 Å². The highest BCUT2D eigenvalue weighted by Crippen LogP contribution is 2.16. The summed E-state index contributed by atoms with van der Waals surface area (Å²) in [7, 11) is 0. The van der Waals surface area contributed by atoms with E-state index >= 15 is 0 Å². The molecule has 0 radical (unpaired) electrons. The van der Waals surface area contributed by atoms with Crippen molar-refractivity contribution in [2.75, 3.05) is 6.26 Å². The number of pyridine rings is 1. The summed E-state index contributed by atoms with van der Waals surface area (Å²) in [4.78, 5) is 4.37. The number of aromatic nitrogens is 2. The molecule has 2 nitrogen and oxygen atoms in total. The van der Waals surface area contributed by atoms with E-state index in [4.69, 9.17) is 0 Å². The summed E-state index contributed by atoms with van der Waals surface area (Å²) >= 11 is 1.73. The molecule has 0 N–H and O–H groups in total. The van der Waals surface area contributed by atoms with Crippen molar-refractivity contribution in [2.45, 2.75) is 11.9 Å². The summed E-state index contributed by atoms with van der Waals surface area (Å²) < 4.78 is 2.11. The fourth-order valence-corrected chi connectivity index (χ4v) is 1.83. The molecule has 2 heterocycles. The first-order valence-corrected chi connectivity index (χ1v) is 5.02. The largest absolute Gasteiger partial charge is 0.294 e. The fraction of sp³-hybridized carbons (Fsp3) is 0.222. The molecular weight excluding hydrogens is 168 g/mol. The zero-order chi connectivity index (χ0) is 8.55. The minimum Gasteiger partial charge on any atom is -0.294 e. The first-order chi connectivity index (χ1) is 5.81. The molecule has 12 heavy (non-hydrogen) atoms. The molecule has 0 saturated heterocycles. The minimum atomic E-state index is 1.03. The van der Waals surface area contributed by atoms with E-state index in [-0.39, 0.29) is 0 Å². The lowest BCUT2D eigenvalue weighted by atomic mass is 10.5. The summed E-state index contributed by atoms with van der Waals surface area (Å²) in [6.07, 6.45) is 4.13. The van der Waals surface area contributed by atoms with Crippen LogP contribution in [-0.4, -0.2) is 15.6 Å². The summed E-state index contributed by atoms with van der Waals surface area (Å²) in [5.41, 5.74) is 2.09. The molecule has 2 aromatic heterocycles. The first kappa shape index (κ1) is 7.68. The van der Waals surface area contributed by atoms with E-state index in [1.54, 1.807) is 11.8 Å². The quantitative estimate of drug-likeness (QED) is 0.624. The Labute approximate surface area is 75.6 Å². The SMILES string of the molecule is CSc1cccc2nc(C)cn12. The zero-order valence-corrected chi connectivity index (χ0v) is 7.93. The second kappa shape index (κ2) is 2.83. The molecule has 0 unspecified atom stereocenters. The highest BCUT2D eigenvalue weighted by Gasteiger charge is 1.99. The molecule has 0 amide bonds. The van der Waals surface area contributed by atoms with E-state index in [1.807, 2.05) is 19.1 Å². The fourth-order valence-electron chi connectivity index (χ4n) is 1.27. The predicted octanol–water partition coefficient (Wildman–Crippen LogP) is 2.36. The molecule has 2 rings (SSSR count). The maximum Gasteiger partial charge on any atom is 0.137 e. The van der Waals surface area contributed by atoms with E-state index in [0.717, 1.165) is 11.3 Å². The van der Waals surface area contributed by atoms with Gasteiger partial charge >= 0.3 is 0 Å². The number of fused-ring (bicyclic) bond motifs is 1. The Morgan fingerprint density at radius 2 is 2.25 bits per heavy atom. The van der Waals surface area contributed by atoms with Crippen LogP contribution in [0.4, 0.5) is 0 Å². The van der Waals surface area contributed by atoms with Crippen molar-refractivity contribution in [3.8, 4) is 0 Å². The van der Waals surface area contributed by atoms with Gasteiger partial charge in [-0.1, -0.05) is 6.07 Å². The number of hydrogen-bond acceptors (Lipinski definition) is 2.